The van der Waals surface area contributed by atoms with Crippen LogP contribution < -0.4 is 5.73 Å². The van der Waals surface area contributed by atoms with Gasteiger partial charge in [0.1, 0.15) is 5.82 Å². The Morgan fingerprint density at radius 3 is 2.48 bits per heavy atom. The fraction of sp³-hybridized carbons (Fsp3) is 0.188. The Hall–Kier alpha value is -2.07. The number of carbonyl (C=O) groups excluding carboxylic acids is 1. The summed E-state index contributed by atoms with van der Waals surface area (Å²) >= 11 is 5.82. The molecule has 2 rings (SSSR count). The Morgan fingerprint density at radius 2 is 1.90 bits per heavy atom. The van der Waals surface area contributed by atoms with Crippen LogP contribution in [0.1, 0.15) is 21.5 Å². The van der Waals surface area contributed by atoms with Gasteiger partial charge in [0.15, 0.2) is 0 Å². The average molecular weight is 307 g/mol. The van der Waals surface area contributed by atoms with Crippen LogP contribution in [0.5, 0.6) is 0 Å². The van der Waals surface area contributed by atoms with Crippen LogP contribution in [0, 0.1) is 12.7 Å². The van der Waals surface area contributed by atoms with Gasteiger partial charge < -0.3 is 10.6 Å². The van der Waals surface area contributed by atoms with E-state index in [4.69, 9.17) is 17.3 Å². The summed E-state index contributed by atoms with van der Waals surface area (Å²) in [4.78, 5) is 13.8. The summed E-state index contributed by atoms with van der Waals surface area (Å²) in [5, 5.41) is 0.640. The van der Waals surface area contributed by atoms with Crippen molar-refractivity contribution in [1.82, 2.24) is 4.90 Å². The van der Waals surface area contributed by atoms with E-state index < -0.39 is 5.82 Å². The molecule has 0 saturated heterocycles. The van der Waals surface area contributed by atoms with E-state index in [1.54, 1.807) is 26.1 Å². The molecule has 3 nitrogen and oxygen atoms in total. The zero-order valence-electron chi connectivity index (χ0n) is 11.9. The van der Waals surface area contributed by atoms with E-state index in [1.165, 1.54) is 17.0 Å². The number of nitrogens with two attached hydrogens (primary N) is 1. The molecule has 1 amide bonds. The number of hydrogen-bond donors (Lipinski definition) is 1. The maximum Gasteiger partial charge on any atom is 0.254 e. The smallest absolute Gasteiger partial charge is 0.254 e. The summed E-state index contributed by atoms with van der Waals surface area (Å²) in [6, 6.07) is 9.93. The summed E-state index contributed by atoms with van der Waals surface area (Å²) < 4.78 is 13.7. The van der Waals surface area contributed by atoms with Gasteiger partial charge in [-0.1, -0.05) is 23.7 Å². The van der Waals surface area contributed by atoms with Gasteiger partial charge in [0, 0.05) is 35.4 Å². The lowest BCUT2D eigenvalue weighted by molar-refractivity contribution is 0.0784. The van der Waals surface area contributed by atoms with E-state index in [2.05, 4.69) is 0 Å². The number of amides is 1. The van der Waals surface area contributed by atoms with E-state index in [9.17, 15) is 9.18 Å². The van der Waals surface area contributed by atoms with Crippen molar-refractivity contribution in [1.29, 1.82) is 0 Å². The maximum atomic E-state index is 13.7. The average Bonchev–Trinajstić information content (AvgIpc) is 2.45. The molecule has 2 aromatic rings. The molecular weight excluding hydrogens is 291 g/mol. The standard InChI is InChI=1S/C16H16ClFN2O/c1-10-14(18)7-12(8-15(10)19)16(21)20(2)9-11-3-5-13(17)6-4-11/h3-8H,9,19H2,1-2H3. The van der Waals surface area contributed by atoms with Gasteiger partial charge in [-0.25, -0.2) is 4.39 Å². The number of rotatable bonds is 3. The molecule has 0 unspecified atom stereocenters. The molecule has 0 heterocycles. The van der Waals surface area contributed by atoms with Crippen LogP contribution >= 0.6 is 11.6 Å². The first-order chi connectivity index (χ1) is 9.88. The van der Waals surface area contributed by atoms with Crippen LogP contribution in [0.4, 0.5) is 10.1 Å². The van der Waals surface area contributed by atoms with Gasteiger partial charge in [-0.05, 0) is 36.8 Å². The van der Waals surface area contributed by atoms with Gasteiger partial charge in [0.05, 0.1) is 0 Å². The van der Waals surface area contributed by atoms with Crippen molar-refractivity contribution in [3.05, 3.63) is 63.9 Å². The summed E-state index contributed by atoms with van der Waals surface area (Å²) in [5.74, 6) is -0.756. The highest BCUT2D eigenvalue weighted by Gasteiger charge is 2.15. The molecule has 0 aliphatic heterocycles. The topological polar surface area (TPSA) is 46.3 Å². The molecule has 0 bridgehead atoms. The van der Waals surface area contributed by atoms with Crippen molar-refractivity contribution >= 4 is 23.2 Å². The van der Waals surface area contributed by atoms with E-state index in [0.717, 1.165) is 5.56 Å². The molecule has 21 heavy (non-hydrogen) atoms. The van der Waals surface area contributed by atoms with E-state index in [-0.39, 0.29) is 17.2 Å². The van der Waals surface area contributed by atoms with Crippen LogP contribution in [-0.4, -0.2) is 17.9 Å². The third-order valence-corrected chi connectivity index (χ3v) is 3.56. The number of hydrogen-bond acceptors (Lipinski definition) is 2. The van der Waals surface area contributed by atoms with Crippen LogP contribution in [0.2, 0.25) is 5.02 Å². The zero-order chi connectivity index (χ0) is 15.6. The van der Waals surface area contributed by atoms with Crippen molar-refractivity contribution in [3.63, 3.8) is 0 Å². The van der Waals surface area contributed by atoms with Crippen LogP contribution in [0.15, 0.2) is 36.4 Å². The minimum absolute atomic E-state index is 0.243. The van der Waals surface area contributed by atoms with Crippen LogP contribution in [0.3, 0.4) is 0 Å². The first-order valence-electron chi connectivity index (χ1n) is 6.44. The molecule has 2 aromatic carbocycles. The number of nitrogens with zero attached hydrogens (tertiary/aromatic N) is 1. The maximum absolute atomic E-state index is 13.7. The quantitative estimate of drug-likeness (QED) is 0.880. The Kier molecular flexibility index (Phi) is 4.48. The third-order valence-electron chi connectivity index (χ3n) is 3.31. The first kappa shape index (κ1) is 15.3. The second-order valence-electron chi connectivity index (χ2n) is 4.96. The van der Waals surface area contributed by atoms with Crippen molar-refractivity contribution < 1.29 is 9.18 Å². The number of nitrogen functional groups attached to an aromatic ring is 1. The lowest BCUT2D eigenvalue weighted by Crippen LogP contribution is -2.26. The van der Waals surface area contributed by atoms with Crippen molar-refractivity contribution in [3.8, 4) is 0 Å². The summed E-state index contributed by atoms with van der Waals surface area (Å²) in [5.41, 5.74) is 7.52. The molecule has 5 heteroatoms. The zero-order valence-corrected chi connectivity index (χ0v) is 12.6. The van der Waals surface area contributed by atoms with Gasteiger partial charge in [-0.3, -0.25) is 4.79 Å². The summed E-state index contributed by atoms with van der Waals surface area (Å²) in [7, 11) is 1.66. The Morgan fingerprint density at radius 1 is 1.29 bits per heavy atom. The fourth-order valence-electron chi connectivity index (χ4n) is 1.98. The second-order valence-corrected chi connectivity index (χ2v) is 5.40. The highest BCUT2D eigenvalue weighted by atomic mass is 35.5. The summed E-state index contributed by atoms with van der Waals surface area (Å²) in [6.45, 7) is 1.99. The molecule has 0 radical (unpaired) electrons. The Labute approximate surface area is 128 Å². The van der Waals surface area contributed by atoms with Crippen LogP contribution in [-0.2, 0) is 6.54 Å². The molecule has 0 spiro atoms. The lowest BCUT2D eigenvalue weighted by atomic mass is 10.1. The Bertz CT molecular complexity index is 647. The molecule has 0 fully saturated rings. The minimum Gasteiger partial charge on any atom is -0.398 e. The fourth-order valence-corrected chi connectivity index (χ4v) is 2.11. The monoisotopic (exact) mass is 306 g/mol. The van der Waals surface area contributed by atoms with Gasteiger partial charge in [-0.15, -0.1) is 0 Å². The van der Waals surface area contributed by atoms with Crippen molar-refractivity contribution in [2.75, 3.05) is 12.8 Å². The predicted octanol–water partition coefficient (Wildman–Crippen LogP) is 3.64. The third kappa shape index (κ3) is 3.52. The molecule has 0 aromatic heterocycles. The number of benzene rings is 2. The highest BCUT2D eigenvalue weighted by molar-refractivity contribution is 6.30. The van der Waals surface area contributed by atoms with E-state index in [0.29, 0.717) is 17.1 Å². The number of halogens is 2. The first-order valence-corrected chi connectivity index (χ1v) is 6.82. The molecule has 0 aliphatic carbocycles. The van der Waals surface area contributed by atoms with Gasteiger partial charge >= 0.3 is 0 Å². The number of anilines is 1. The summed E-state index contributed by atoms with van der Waals surface area (Å²) in [6.07, 6.45) is 0. The van der Waals surface area contributed by atoms with Crippen LogP contribution in [0.25, 0.3) is 0 Å². The highest BCUT2D eigenvalue weighted by Crippen LogP contribution is 2.19. The van der Waals surface area contributed by atoms with Crippen molar-refractivity contribution in [2.45, 2.75) is 13.5 Å². The SMILES string of the molecule is Cc1c(N)cc(C(=O)N(C)Cc2ccc(Cl)cc2)cc1F. The van der Waals surface area contributed by atoms with Gasteiger partial charge in [0.25, 0.3) is 5.91 Å². The molecule has 0 saturated carbocycles. The van der Waals surface area contributed by atoms with Gasteiger partial charge in [0.2, 0.25) is 0 Å². The number of carbonyl (C=O) groups is 1. The molecule has 110 valence electrons. The van der Waals surface area contributed by atoms with E-state index >= 15 is 0 Å². The molecule has 2 N–H and O–H groups in total. The predicted molar refractivity (Wildman–Crippen MR) is 82.8 cm³/mol. The molecule has 0 atom stereocenters. The minimum atomic E-state index is -0.474. The van der Waals surface area contributed by atoms with E-state index in [1.807, 2.05) is 12.1 Å². The molecular formula is C16H16ClFN2O. The normalized spacial score (nSPS) is 10.5. The van der Waals surface area contributed by atoms with Gasteiger partial charge in [-0.2, -0.15) is 0 Å². The Balaban J connectivity index is 2.17. The largest absolute Gasteiger partial charge is 0.398 e. The van der Waals surface area contributed by atoms with Crippen molar-refractivity contribution in [2.24, 2.45) is 0 Å². The lowest BCUT2D eigenvalue weighted by Gasteiger charge is -2.18. The second kappa shape index (κ2) is 6.14. The molecule has 0 aliphatic rings.